The molecule has 26 heavy (non-hydrogen) atoms. The van der Waals surface area contributed by atoms with E-state index < -0.39 is 5.95 Å². The second-order valence-corrected chi connectivity index (χ2v) is 6.52. The van der Waals surface area contributed by atoms with Crippen LogP contribution in [-0.2, 0) is 4.79 Å². The zero-order valence-corrected chi connectivity index (χ0v) is 14.1. The van der Waals surface area contributed by atoms with Crippen molar-refractivity contribution in [1.29, 1.82) is 0 Å². The number of pyridine rings is 1. The van der Waals surface area contributed by atoms with Gasteiger partial charge in [-0.25, -0.2) is 15.0 Å². The summed E-state index contributed by atoms with van der Waals surface area (Å²) in [5.41, 5.74) is 8.03. The Morgan fingerprint density at radius 3 is 2.65 bits per heavy atom. The number of carbonyl (C=O) groups excluding carboxylic acids is 1. The van der Waals surface area contributed by atoms with Crippen molar-refractivity contribution in [3.63, 3.8) is 0 Å². The molecule has 132 valence electrons. The first-order valence-electron chi connectivity index (χ1n) is 8.54. The SMILES string of the molecule is Nc1cc(-c2ccc3ncnc(NC4CCC(=O)CC4)c3c2)cnc1F. The highest BCUT2D eigenvalue weighted by molar-refractivity contribution is 5.92. The van der Waals surface area contributed by atoms with Gasteiger partial charge in [0.05, 0.1) is 11.2 Å². The highest BCUT2D eigenvalue weighted by Gasteiger charge is 2.19. The zero-order chi connectivity index (χ0) is 18.1. The van der Waals surface area contributed by atoms with Gasteiger partial charge in [0.15, 0.2) is 0 Å². The van der Waals surface area contributed by atoms with Gasteiger partial charge in [-0.2, -0.15) is 4.39 Å². The summed E-state index contributed by atoms with van der Waals surface area (Å²) in [6.45, 7) is 0. The van der Waals surface area contributed by atoms with Gasteiger partial charge in [-0.15, -0.1) is 0 Å². The highest BCUT2D eigenvalue weighted by Crippen LogP contribution is 2.29. The van der Waals surface area contributed by atoms with Gasteiger partial charge in [-0.05, 0) is 36.6 Å². The largest absolute Gasteiger partial charge is 0.395 e. The number of anilines is 2. The first kappa shape index (κ1) is 16.4. The van der Waals surface area contributed by atoms with Crippen molar-refractivity contribution < 1.29 is 9.18 Å². The standard InChI is InChI=1S/C19H18FN5O/c20-18-16(21)8-12(9-22-18)11-1-6-17-15(7-11)19(24-10-23-17)25-13-2-4-14(26)5-3-13/h1,6-10,13H,2-5,21H2,(H,23,24,25). The summed E-state index contributed by atoms with van der Waals surface area (Å²) in [7, 11) is 0. The van der Waals surface area contributed by atoms with Gasteiger partial charge >= 0.3 is 0 Å². The number of rotatable bonds is 3. The van der Waals surface area contributed by atoms with E-state index in [0.29, 0.717) is 18.6 Å². The summed E-state index contributed by atoms with van der Waals surface area (Å²) in [6, 6.07) is 7.51. The summed E-state index contributed by atoms with van der Waals surface area (Å²) < 4.78 is 13.3. The third-order valence-electron chi connectivity index (χ3n) is 4.72. The monoisotopic (exact) mass is 351 g/mol. The van der Waals surface area contributed by atoms with Gasteiger partial charge in [0, 0.05) is 36.0 Å². The van der Waals surface area contributed by atoms with Crippen LogP contribution in [0, 0.1) is 5.95 Å². The lowest BCUT2D eigenvalue weighted by molar-refractivity contribution is -0.120. The number of nitrogen functional groups attached to an aromatic ring is 1. The molecule has 2 aromatic heterocycles. The smallest absolute Gasteiger partial charge is 0.236 e. The third kappa shape index (κ3) is 3.20. The van der Waals surface area contributed by atoms with Crippen LogP contribution < -0.4 is 11.1 Å². The molecule has 0 unspecified atom stereocenters. The maximum absolute atomic E-state index is 13.3. The van der Waals surface area contributed by atoms with E-state index in [2.05, 4.69) is 20.3 Å². The topological polar surface area (TPSA) is 93.8 Å². The molecule has 0 spiro atoms. The van der Waals surface area contributed by atoms with Crippen LogP contribution in [0.4, 0.5) is 15.9 Å². The van der Waals surface area contributed by atoms with E-state index in [9.17, 15) is 9.18 Å². The number of Topliss-reactive ketones (excluding diaryl/α,β-unsaturated/α-hetero) is 1. The molecule has 2 heterocycles. The number of benzene rings is 1. The van der Waals surface area contributed by atoms with Crippen LogP contribution in [0.3, 0.4) is 0 Å². The molecular weight excluding hydrogens is 333 g/mol. The Morgan fingerprint density at radius 2 is 1.88 bits per heavy atom. The molecule has 4 rings (SSSR count). The highest BCUT2D eigenvalue weighted by atomic mass is 19.1. The van der Waals surface area contributed by atoms with Crippen molar-refractivity contribution in [3.05, 3.63) is 42.7 Å². The number of aromatic nitrogens is 3. The van der Waals surface area contributed by atoms with Crippen LogP contribution in [0.2, 0.25) is 0 Å². The number of carbonyl (C=O) groups is 1. The van der Waals surface area contributed by atoms with Gasteiger partial charge < -0.3 is 11.1 Å². The van der Waals surface area contributed by atoms with Crippen LogP contribution in [0.25, 0.3) is 22.0 Å². The Morgan fingerprint density at radius 1 is 1.08 bits per heavy atom. The predicted molar refractivity (Wildman–Crippen MR) is 98.0 cm³/mol. The summed E-state index contributed by atoms with van der Waals surface area (Å²) >= 11 is 0. The molecule has 0 bridgehead atoms. The Balaban J connectivity index is 1.70. The molecule has 3 aromatic rings. The van der Waals surface area contributed by atoms with E-state index in [-0.39, 0.29) is 11.7 Å². The number of nitrogens with one attached hydrogen (secondary N) is 1. The molecule has 6 nitrogen and oxygen atoms in total. The predicted octanol–water partition coefficient (Wildman–Crippen LogP) is 3.34. The average molecular weight is 351 g/mol. The maximum Gasteiger partial charge on any atom is 0.236 e. The van der Waals surface area contributed by atoms with Crippen molar-refractivity contribution in [2.45, 2.75) is 31.7 Å². The molecule has 1 saturated carbocycles. The molecule has 0 atom stereocenters. The summed E-state index contributed by atoms with van der Waals surface area (Å²) in [6.07, 6.45) is 5.80. The van der Waals surface area contributed by atoms with E-state index in [1.807, 2.05) is 18.2 Å². The van der Waals surface area contributed by atoms with Crippen molar-refractivity contribution >= 4 is 28.2 Å². The molecule has 0 amide bonds. The number of fused-ring (bicyclic) bond motifs is 1. The number of nitrogens with two attached hydrogens (primary N) is 1. The fraction of sp³-hybridized carbons (Fsp3) is 0.263. The van der Waals surface area contributed by atoms with Gasteiger partial charge in [0.2, 0.25) is 5.95 Å². The van der Waals surface area contributed by atoms with Gasteiger partial charge in [-0.1, -0.05) is 6.07 Å². The molecule has 0 radical (unpaired) electrons. The summed E-state index contributed by atoms with van der Waals surface area (Å²) in [5, 5.41) is 4.31. The van der Waals surface area contributed by atoms with Crippen molar-refractivity contribution in [2.24, 2.45) is 0 Å². The van der Waals surface area contributed by atoms with Crippen molar-refractivity contribution in [1.82, 2.24) is 15.0 Å². The second-order valence-electron chi connectivity index (χ2n) is 6.52. The van der Waals surface area contributed by atoms with Gasteiger partial charge in [0.1, 0.15) is 17.9 Å². The number of nitrogens with zero attached hydrogens (tertiary/aromatic N) is 3. The molecule has 3 N–H and O–H groups in total. The average Bonchev–Trinajstić information content (AvgIpc) is 2.66. The van der Waals surface area contributed by atoms with Crippen molar-refractivity contribution in [3.8, 4) is 11.1 Å². The summed E-state index contributed by atoms with van der Waals surface area (Å²) in [4.78, 5) is 23.8. The lowest BCUT2D eigenvalue weighted by Crippen LogP contribution is -2.26. The van der Waals surface area contributed by atoms with Crippen LogP contribution in [-0.4, -0.2) is 26.8 Å². The van der Waals surface area contributed by atoms with Crippen LogP contribution in [0.5, 0.6) is 0 Å². The molecule has 0 saturated heterocycles. The van der Waals surface area contributed by atoms with Gasteiger partial charge in [0.25, 0.3) is 0 Å². The molecule has 0 aliphatic heterocycles. The molecule has 1 aromatic carbocycles. The maximum atomic E-state index is 13.3. The van der Waals surface area contributed by atoms with E-state index >= 15 is 0 Å². The lowest BCUT2D eigenvalue weighted by atomic mass is 9.94. The van der Waals surface area contributed by atoms with E-state index in [0.717, 1.165) is 40.7 Å². The molecular formula is C19H18FN5O. The van der Waals surface area contributed by atoms with Gasteiger partial charge in [-0.3, -0.25) is 4.79 Å². The minimum Gasteiger partial charge on any atom is -0.395 e. The Kier molecular flexibility index (Phi) is 4.20. The second kappa shape index (κ2) is 6.67. The quantitative estimate of drug-likeness (QED) is 0.703. The molecule has 1 fully saturated rings. The first-order chi connectivity index (χ1) is 12.6. The Hall–Kier alpha value is -3.09. The minimum absolute atomic E-state index is 0.0112. The fourth-order valence-electron chi connectivity index (χ4n) is 3.25. The number of ketones is 1. The minimum atomic E-state index is -0.674. The fourth-order valence-corrected chi connectivity index (χ4v) is 3.25. The molecule has 7 heteroatoms. The Bertz CT molecular complexity index is 981. The van der Waals surface area contributed by atoms with Crippen LogP contribution >= 0.6 is 0 Å². The number of hydrogen-bond acceptors (Lipinski definition) is 6. The Labute approximate surface area is 149 Å². The normalized spacial score (nSPS) is 15.3. The molecule has 1 aliphatic carbocycles. The zero-order valence-electron chi connectivity index (χ0n) is 14.1. The summed E-state index contributed by atoms with van der Waals surface area (Å²) in [5.74, 6) is 0.380. The third-order valence-corrected chi connectivity index (χ3v) is 4.72. The first-order valence-corrected chi connectivity index (χ1v) is 8.54. The van der Waals surface area contributed by atoms with Crippen molar-refractivity contribution in [2.75, 3.05) is 11.1 Å². The van der Waals surface area contributed by atoms with Crippen LogP contribution in [0.15, 0.2) is 36.8 Å². The van der Waals surface area contributed by atoms with E-state index in [1.165, 1.54) is 12.5 Å². The molecule has 1 aliphatic rings. The van der Waals surface area contributed by atoms with E-state index in [1.54, 1.807) is 6.07 Å². The van der Waals surface area contributed by atoms with Crippen LogP contribution in [0.1, 0.15) is 25.7 Å². The lowest BCUT2D eigenvalue weighted by Gasteiger charge is -2.23. The number of halogens is 1. The van der Waals surface area contributed by atoms with E-state index in [4.69, 9.17) is 5.73 Å². The number of hydrogen-bond donors (Lipinski definition) is 2.